The van der Waals surface area contributed by atoms with Gasteiger partial charge < -0.3 is 4.74 Å². The molecule has 1 aromatic heterocycles. The van der Waals surface area contributed by atoms with Crippen LogP contribution in [0.4, 0.5) is 0 Å². The van der Waals surface area contributed by atoms with Crippen LogP contribution in [-0.4, -0.2) is 22.1 Å². The molecule has 0 aliphatic heterocycles. The summed E-state index contributed by atoms with van der Waals surface area (Å²) in [7, 11) is -1.98. The van der Waals surface area contributed by atoms with Crippen molar-refractivity contribution in [2.75, 3.05) is 13.7 Å². The first-order valence-electron chi connectivity index (χ1n) is 3.83. The fourth-order valence-electron chi connectivity index (χ4n) is 0.932. The maximum atomic E-state index is 11.6. The average Bonchev–Trinajstić information content (AvgIpc) is 2.47. The van der Waals surface area contributed by atoms with Gasteiger partial charge in [-0.2, -0.15) is 0 Å². The van der Waals surface area contributed by atoms with E-state index >= 15 is 0 Å². The van der Waals surface area contributed by atoms with E-state index in [4.69, 9.17) is 4.74 Å². The van der Waals surface area contributed by atoms with Crippen LogP contribution in [0.1, 0.15) is 6.92 Å². The highest BCUT2D eigenvalue weighted by Crippen LogP contribution is 2.37. The predicted molar refractivity (Wildman–Crippen MR) is 59.4 cm³/mol. The van der Waals surface area contributed by atoms with Crippen molar-refractivity contribution in [1.29, 1.82) is 0 Å². The third-order valence-corrected chi connectivity index (χ3v) is 5.39. The first-order valence-corrected chi connectivity index (χ1v) is 6.99. The fourth-order valence-corrected chi connectivity index (χ4v) is 4.23. The molecule has 1 N–H and O–H groups in total. The highest BCUT2D eigenvalue weighted by atomic mass is 79.9. The van der Waals surface area contributed by atoms with Crippen molar-refractivity contribution in [3.63, 3.8) is 0 Å². The maximum Gasteiger partial charge on any atom is 0.253 e. The lowest BCUT2D eigenvalue weighted by Gasteiger charge is -2.04. The zero-order valence-electron chi connectivity index (χ0n) is 7.70. The monoisotopic (exact) mass is 299 g/mol. The fraction of sp³-hybridized carbons (Fsp3) is 0.429. The summed E-state index contributed by atoms with van der Waals surface area (Å²) < 4.78 is 31.5. The summed E-state index contributed by atoms with van der Waals surface area (Å²) in [5.74, 6) is 0.357. The van der Waals surface area contributed by atoms with Crippen LogP contribution in [0.5, 0.6) is 5.75 Å². The summed E-state index contributed by atoms with van der Waals surface area (Å²) in [4.78, 5) is 0. The first-order chi connectivity index (χ1) is 6.53. The first kappa shape index (κ1) is 12.0. The van der Waals surface area contributed by atoms with Crippen molar-refractivity contribution >= 4 is 37.3 Å². The van der Waals surface area contributed by atoms with Gasteiger partial charge >= 0.3 is 0 Å². The van der Waals surface area contributed by atoms with E-state index in [2.05, 4.69) is 20.7 Å². The summed E-state index contributed by atoms with van der Waals surface area (Å²) >= 11 is 4.34. The van der Waals surface area contributed by atoms with E-state index < -0.39 is 10.0 Å². The van der Waals surface area contributed by atoms with E-state index in [1.54, 1.807) is 12.3 Å². The van der Waals surface area contributed by atoms with Crippen LogP contribution in [0, 0.1) is 0 Å². The number of nitrogens with one attached hydrogen (secondary N) is 1. The minimum atomic E-state index is -3.42. The molecule has 0 bridgehead atoms. The molecule has 4 nitrogen and oxygen atoms in total. The van der Waals surface area contributed by atoms with Gasteiger partial charge in [0.25, 0.3) is 10.0 Å². The molecule has 1 aromatic rings. The molecular weight excluding hydrogens is 290 g/mol. The lowest BCUT2D eigenvalue weighted by Crippen LogP contribution is -2.22. The van der Waals surface area contributed by atoms with Crippen LogP contribution in [0.15, 0.2) is 14.1 Å². The Morgan fingerprint density at radius 2 is 2.29 bits per heavy atom. The number of hydrogen-bond acceptors (Lipinski definition) is 4. The second-order valence-electron chi connectivity index (χ2n) is 2.41. The predicted octanol–water partition coefficient (Wildman–Crippen LogP) is 1.82. The molecule has 1 rings (SSSR count). The van der Waals surface area contributed by atoms with Crippen LogP contribution >= 0.6 is 27.3 Å². The standard InChI is InChI=1S/C7H10BrNO3S2/c1-3-9-14(10,11)7-6(12-2)5(8)4-13-7/h4,9H,3H2,1-2H3. The van der Waals surface area contributed by atoms with Crippen molar-refractivity contribution < 1.29 is 13.2 Å². The normalized spacial score (nSPS) is 11.6. The molecule has 0 atom stereocenters. The largest absolute Gasteiger partial charge is 0.493 e. The number of rotatable bonds is 4. The van der Waals surface area contributed by atoms with Gasteiger partial charge in [-0.15, -0.1) is 11.3 Å². The number of hydrogen-bond donors (Lipinski definition) is 1. The van der Waals surface area contributed by atoms with E-state index in [-0.39, 0.29) is 4.21 Å². The molecule has 0 amide bonds. The van der Waals surface area contributed by atoms with E-state index in [1.165, 1.54) is 7.11 Å². The Labute approximate surface area is 95.5 Å². The van der Waals surface area contributed by atoms with Crippen molar-refractivity contribution in [1.82, 2.24) is 4.72 Å². The highest BCUT2D eigenvalue weighted by Gasteiger charge is 2.22. The second kappa shape index (κ2) is 4.61. The Kier molecular flexibility index (Phi) is 3.94. The minimum Gasteiger partial charge on any atom is -0.493 e. The lowest BCUT2D eigenvalue weighted by atomic mass is 10.6. The zero-order chi connectivity index (χ0) is 10.8. The van der Waals surface area contributed by atoms with Gasteiger partial charge in [0.1, 0.15) is 0 Å². The smallest absolute Gasteiger partial charge is 0.253 e. The van der Waals surface area contributed by atoms with E-state index in [0.717, 1.165) is 11.3 Å². The molecule has 80 valence electrons. The topological polar surface area (TPSA) is 55.4 Å². The number of thiophene rings is 1. The minimum absolute atomic E-state index is 0.203. The summed E-state index contributed by atoms with van der Waals surface area (Å²) in [6, 6.07) is 0. The molecule has 1 heterocycles. The Bertz CT molecular complexity index is 413. The van der Waals surface area contributed by atoms with Crippen molar-refractivity contribution in [2.45, 2.75) is 11.1 Å². The molecule has 0 aliphatic carbocycles. The van der Waals surface area contributed by atoms with Crippen LogP contribution in [0.25, 0.3) is 0 Å². The number of ether oxygens (including phenoxy) is 1. The maximum absolute atomic E-state index is 11.6. The quantitative estimate of drug-likeness (QED) is 0.923. The third kappa shape index (κ3) is 2.28. The molecule has 0 saturated carbocycles. The van der Waals surface area contributed by atoms with Gasteiger partial charge in [-0.05, 0) is 15.9 Å². The second-order valence-corrected chi connectivity index (χ2v) is 6.10. The van der Waals surface area contributed by atoms with Gasteiger partial charge in [-0.1, -0.05) is 6.92 Å². The molecular formula is C7H10BrNO3S2. The van der Waals surface area contributed by atoms with Crippen LogP contribution < -0.4 is 9.46 Å². The highest BCUT2D eigenvalue weighted by molar-refractivity contribution is 9.10. The Hall–Kier alpha value is -0.110. The summed E-state index contributed by atoms with van der Waals surface area (Å²) in [5.41, 5.74) is 0. The molecule has 7 heteroatoms. The van der Waals surface area contributed by atoms with Gasteiger partial charge in [0, 0.05) is 11.9 Å². The summed E-state index contributed by atoms with van der Waals surface area (Å²) in [5, 5.41) is 1.68. The van der Waals surface area contributed by atoms with Gasteiger partial charge in [0.2, 0.25) is 0 Å². The van der Waals surface area contributed by atoms with E-state index in [1.807, 2.05) is 0 Å². The van der Waals surface area contributed by atoms with Gasteiger partial charge in [0.15, 0.2) is 9.96 Å². The Balaban J connectivity index is 3.19. The van der Waals surface area contributed by atoms with Gasteiger partial charge in [-0.25, -0.2) is 13.1 Å². The molecule has 0 unspecified atom stereocenters. The summed E-state index contributed by atoms with van der Waals surface area (Å²) in [6.07, 6.45) is 0. The van der Waals surface area contributed by atoms with E-state index in [9.17, 15) is 8.42 Å². The van der Waals surface area contributed by atoms with Crippen LogP contribution in [0.2, 0.25) is 0 Å². The molecule has 0 radical (unpaired) electrons. The van der Waals surface area contributed by atoms with Crippen molar-refractivity contribution in [3.05, 3.63) is 9.85 Å². The number of halogens is 1. The van der Waals surface area contributed by atoms with Gasteiger partial charge in [0.05, 0.1) is 11.6 Å². The lowest BCUT2D eigenvalue weighted by molar-refractivity contribution is 0.403. The Morgan fingerprint density at radius 1 is 1.64 bits per heavy atom. The molecule has 0 saturated heterocycles. The zero-order valence-corrected chi connectivity index (χ0v) is 10.9. The number of sulfonamides is 1. The van der Waals surface area contributed by atoms with Crippen LogP contribution in [-0.2, 0) is 10.0 Å². The third-order valence-electron chi connectivity index (χ3n) is 1.45. The number of methoxy groups -OCH3 is 1. The van der Waals surface area contributed by atoms with Crippen molar-refractivity contribution in [2.24, 2.45) is 0 Å². The van der Waals surface area contributed by atoms with Crippen molar-refractivity contribution in [3.8, 4) is 5.75 Å². The Morgan fingerprint density at radius 3 is 2.79 bits per heavy atom. The SMILES string of the molecule is CCNS(=O)(=O)c1scc(Br)c1OC. The molecule has 14 heavy (non-hydrogen) atoms. The van der Waals surface area contributed by atoms with Crippen LogP contribution in [0.3, 0.4) is 0 Å². The van der Waals surface area contributed by atoms with Gasteiger partial charge in [-0.3, -0.25) is 0 Å². The summed E-state index contributed by atoms with van der Waals surface area (Å²) in [6.45, 7) is 2.09. The molecule has 0 spiro atoms. The molecule has 0 aromatic carbocycles. The molecule has 0 aliphatic rings. The average molecular weight is 300 g/mol. The van der Waals surface area contributed by atoms with E-state index in [0.29, 0.717) is 16.8 Å². The molecule has 0 fully saturated rings.